The molecule has 0 aromatic rings. The van der Waals surface area contributed by atoms with Crippen LogP contribution in [0.2, 0.25) is 0 Å². The van der Waals surface area contributed by atoms with Crippen LogP contribution in [0.25, 0.3) is 0 Å². The summed E-state index contributed by atoms with van der Waals surface area (Å²) >= 11 is 0. The fourth-order valence-electron chi connectivity index (χ4n) is 1.74. The van der Waals surface area contributed by atoms with E-state index in [1.807, 2.05) is 6.08 Å². The van der Waals surface area contributed by atoms with Crippen molar-refractivity contribution >= 4 is 0 Å². The molecule has 0 spiro atoms. The van der Waals surface area contributed by atoms with Crippen LogP contribution in [-0.4, -0.2) is 13.2 Å². The zero-order chi connectivity index (χ0) is 9.36. The van der Waals surface area contributed by atoms with Gasteiger partial charge in [0.1, 0.15) is 0 Å². The van der Waals surface area contributed by atoms with Crippen molar-refractivity contribution < 1.29 is 4.74 Å². The normalized spacial score (nSPS) is 18.8. The molecule has 0 aromatic carbocycles. The van der Waals surface area contributed by atoms with Crippen molar-refractivity contribution in [3.63, 3.8) is 0 Å². The van der Waals surface area contributed by atoms with Crippen LogP contribution in [0.3, 0.4) is 0 Å². The first kappa shape index (κ1) is 10.8. The second-order valence-corrected chi connectivity index (χ2v) is 3.79. The zero-order valence-corrected chi connectivity index (χ0v) is 8.56. The SMILES string of the molecule is C=CCCCOC[C]1CCCCC1. The van der Waals surface area contributed by atoms with E-state index in [9.17, 15) is 0 Å². The molecular weight excluding hydrogens is 160 g/mol. The maximum atomic E-state index is 5.59. The molecule has 0 amide bonds. The lowest BCUT2D eigenvalue weighted by atomic mass is 9.90. The highest BCUT2D eigenvalue weighted by molar-refractivity contribution is 4.92. The molecule has 1 aliphatic carbocycles. The second-order valence-electron chi connectivity index (χ2n) is 3.79. The molecule has 0 aliphatic heterocycles. The fraction of sp³-hybridized carbons (Fsp3) is 0.750. The van der Waals surface area contributed by atoms with Crippen molar-refractivity contribution in [3.05, 3.63) is 18.6 Å². The standard InChI is InChI=1S/C12H21O/c1-2-3-7-10-13-11-12-8-5-4-6-9-12/h2H,1,3-11H2. The summed E-state index contributed by atoms with van der Waals surface area (Å²) in [5.41, 5.74) is 0. The molecule has 13 heavy (non-hydrogen) atoms. The van der Waals surface area contributed by atoms with Gasteiger partial charge in [-0.25, -0.2) is 0 Å². The Balaban J connectivity index is 1.89. The quantitative estimate of drug-likeness (QED) is 0.450. The van der Waals surface area contributed by atoms with Gasteiger partial charge in [0.05, 0.1) is 6.61 Å². The fourth-order valence-corrected chi connectivity index (χ4v) is 1.74. The van der Waals surface area contributed by atoms with Gasteiger partial charge in [0, 0.05) is 12.5 Å². The van der Waals surface area contributed by atoms with Gasteiger partial charge < -0.3 is 4.74 Å². The molecule has 0 atom stereocenters. The summed E-state index contributed by atoms with van der Waals surface area (Å²) in [5, 5.41) is 0. The smallest absolute Gasteiger partial charge is 0.0528 e. The summed E-state index contributed by atoms with van der Waals surface area (Å²) < 4.78 is 5.59. The predicted molar refractivity (Wildman–Crippen MR) is 56.6 cm³/mol. The summed E-state index contributed by atoms with van der Waals surface area (Å²) in [6.45, 7) is 5.50. The van der Waals surface area contributed by atoms with E-state index in [0.717, 1.165) is 26.1 Å². The molecule has 1 rings (SSSR count). The van der Waals surface area contributed by atoms with Crippen LogP contribution in [0.1, 0.15) is 44.9 Å². The highest BCUT2D eigenvalue weighted by Gasteiger charge is 2.13. The summed E-state index contributed by atoms with van der Waals surface area (Å²) in [6, 6.07) is 0. The molecule has 0 heterocycles. The van der Waals surface area contributed by atoms with Crippen molar-refractivity contribution in [2.75, 3.05) is 13.2 Å². The van der Waals surface area contributed by atoms with Crippen LogP contribution < -0.4 is 0 Å². The van der Waals surface area contributed by atoms with Gasteiger partial charge in [-0.3, -0.25) is 0 Å². The van der Waals surface area contributed by atoms with Gasteiger partial charge in [0.25, 0.3) is 0 Å². The minimum atomic E-state index is 0.898. The lowest BCUT2D eigenvalue weighted by Gasteiger charge is -2.20. The number of unbranched alkanes of at least 4 members (excludes halogenated alkanes) is 1. The summed E-state index contributed by atoms with van der Waals surface area (Å²) in [5.74, 6) is 1.63. The largest absolute Gasteiger partial charge is 0.381 e. The Labute approximate surface area is 82.2 Å². The van der Waals surface area contributed by atoms with Crippen LogP contribution in [0, 0.1) is 5.92 Å². The van der Waals surface area contributed by atoms with Crippen molar-refractivity contribution in [2.45, 2.75) is 44.9 Å². The zero-order valence-electron chi connectivity index (χ0n) is 8.56. The maximum Gasteiger partial charge on any atom is 0.0528 e. The van der Waals surface area contributed by atoms with Gasteiger partial charge in [-0.1, -0.05) is 25.3 Å². The molecule has 0 N–H and O–H groups in total. The van der Waals surface area contributed by atoms with E-state index in [0.29, 0.717) is 0 Å². The summed E-state index contributed by atoms with van der Waals surface area (Å²) in [7, 11) is 0. The van der Waals surface area contributed by atoms with E-state index in [1.165, 1.54) is 32.1 Å². The summed E-state index contributed by atoms with van der Waals surface area (Å²) in [4.78, 5) is 0. The van der Waals surface area contributed by atoms with Crippen LogP contribution in [0.5, 0.6) is 0 Å². The van der Waals surface area contributed by atoms with Gasteiger partial charge in [-0.15, -0.1) is 6.58 Å². The topological polar surface area (TPSA) is 9.23 Å². The molecule has 1 aliphatic rings. The van der Waals surface area contributed by atoms with Crippen molar-refractivity contribution in [1.82, 2.24) is 0 Å². The van der Waals surface area contributed by atoms with Gasteiger partial charge in [0.2, 0.25) is 0 Å². The number of rotatable bonds is 6. The van der Waals surface area contributed by atoms with Gasteiger partial charge in [0.15, 0.2) is 0 Å². The average Bonchev–Trinajstić information content (AvgIpc) is 2.19. The van der Waals surface area contributed by atoms with E-state index >= 15 is 0 Å². The lowest BCUT2D eigenvalue weighted by molar-refractivity contribution is 0.133. The molecule has 0 aromatic heterocycles. The lowest BCUT2D eigenvalue weighted by Crippen LogP contribution is -2.11. The summed E-state index contributed by atoms with van der Waals surface area (Å²) in [6.07, 6.45) is 10.9. The van der Waals surface area contributed by atoms with E-state index in [2.05, 4.69) is 6.58 Å². The molecule has 0 unspecified atom stereocenters. The average molecular weight is 181 g/mol. The molecule has 1 fully saturated rings. The Morgan fingerprint density at radius 1 is 1.23 bits per heavy atom. The number of hydrogen-bond acceptors (Lipinski definition) is 1. The first-order valence-corrected chi connectivity index (χ1v) is 5.45. The monoisotopic (exact) mass is 181 g/mol. The van der Waals surface area contributed by atoms with Crippen molar-refractivity contribution in [2.24, 2.45) is 0 Å². The van der Waals surface area contributed by atoms with Crippen molar-refractivity contribution in [1.29, 1.82) is 0 Å². The highest BCUT2D eigenvalue weighted by Crippen LogP contribution is 2.25. The van der Waals surface area contributed by atoms with Gasteiger partial charge >= 0.3 is 0 Å². The van der Waals surface area contributed by atoms with Gasteiger partial charge in [-0.05, 0) is 25.7 Å². The number of allylic oxidation sites excluding steroid dienone is 1. The third-order valence-corrected chi connectivity index (χ3v) is 2.56. The second kappa shape index (κ2) is 7.14. The van der Waals surface area contributed by atoms with E-state index in [4.69, 9.17) is 4.74 Å². The Morgan fingerprint density at radius 3 is 2.69 bits per heavy atom. The molecular formula is C12H21O. The molecule has 1 nitrogen and oxygen atoms in total. The third-order valence-electron chi connectivity index (χ3n) is 2.56. The molecule has 1 saturated carbocycles. The highest BCUT2D eigenvalue weighted by atomic mass is 16.5. The Bertz CT molecular complexity index is 125. The number of hydrogen-bond donors (Lipinski definition) is 0. The molecule has 0 bridgehead atoms. The van der Waals surface area contributed by atoms with Crippen LogP contribution in [0.4, 0.5) is 0 Å². The van der Waals surface area contributed by atoms with E-state index in [-0.39, 0.29) is 0 Å². The maximum absolute atomic E-state index is 5.59. The minimum Gasteiger partial charge on any atom is -0.381 e. The molecule has 75 valence electrons. The molecule has 0 saturated heterocycles. The van der Waals surface area contributed by atoms with Crippen molar-refractivity contribution in [3.8, 4) is 0 Å². The Hall–Kier alpha value is -0.300. The van der Waals surface area contributed by atoms with Crippen LogP contribution >= 0.6 is 0 Å². The first-order chi connectivity index (χ1) is 6.43. The number of ether oxygens (including phenoxy) is 1. The van der Waals surface area contributed by atoms with Crippen LogP contribution in [0.15, 0.2) is 12.7 Å². The van der Waals surface area contributed by atoms with Gasteiger partial charge in [-0.2, -0.15) is 0 Å². The molecule has 1 radical (unpaired) electrons. The Morgan fingerprint density at radius 2 is 2.00 bits per heavy atom. The Kier molecular flexibility index (Phi) is 5.92. The van der Waals surface area contributed by atoms with E-state index < -0.39 is 0 Å². The minimum absolute atomic E-state index is 0.898. The third kappa shape index (κ3) is 5.09. The predicted octanol–water partition coefficient (Wildman–Crippen LogP) is 3.51. The first-order valence-electron chi connectivity index (χ1n) is 5.45. The van der Waals surface area contributed by atoms with Crippen LogP contribution in [-0.2, 0) is 4.74 Å². The molecule has 1 heteroatoms. The van der Waals surface area contributed by atoms with E-state index in [1.54, 1.807) is 5.92 Å².